The first-order chi connectivity index (χ1) is 9.74. The monoisotopic (exact) mass is 280 g/mol. The van der Waals surface area contributed by atoms with E-state index in [0.717, 1.165) is 23.9 Å². The van der Waals surface area contributed by atoms with Crippen LogP contribution in [0, 0.1) is 11.8 Å². The minimum Gasteiger partial charge on any atom is -0.314 e. The van der Waals surface area contributed by atoms with Crippen LogP contribution in [-0.4, -0.2) is 36.6 Å². The molecule has 0 amide bonds. The second-order valence-electron chi connectivity index (χ2n) is 7.28. The van der Waals surface area contributed by atoms with Gasteiger partial charge in [0.2, 0.25) is 0 Å². The van der Waals surface area contributed by atoms with Crippen LogP contribution in [-0.2, 0) is 0 Å². The van der Waals surface area contributed by atoms with Crippen molar-refractivity contribution in [2.24, 2.45) is 11.8 Å². The van der Waals surface area contributed by atoms with E-state index >= 15 is 0 Å². The maximum Gasteiger partial charge on any atom is 0.0121 e. The Morgan fingerprint density at radius 2 is 1.85 bits per heavy atom. The van der Waals surface area contributed by atoms with E-state index in [1.165, 1.54) is 71.0 Å². The molecule has 2 fully saturated rings. The fraction of sp³-hybridized carbons (Fsp3) is 1.00. The first-order valence-electron chi connectivity index (χ1n) is 9.22. The summed E-state index contributed by atoms with van der Waals surface area (Å²) in [4.78, 5) is 2.87. The molecule has 0 spiro atoms. The average Bonchev–Trinajstić information content (AvgIpc) is 2.46. The molecule has 0 aromatic carbocycles. The molecule has 1 aliphatic heterocycles. The number of nitrogens with zero attached hydrogens (tertiary/aromatic N) is 1. The molecule has 118 valence electrons. The van der Waals surface area contributed by atoms with Gasteiger partial charge in [-0.3, -0.25) is 4.90 Å². The largest absolute Gasteiger partial charge is 0.314 e. The summed E-state index contributed by atoms with van der Waals surface area (Å²) in [6.07, 6.45) is 11.4. The minimum absolute atomic E-state index is 0.740. The zero-order valence-electron chi connectivity index (χ0n) is 14.0. The Hall–Kier alpha value is -0.0800. The van der Waals surface area contributed by atoms with Crippen molar-refractivity contribution in [2.75, 3.05) is 19.6 Å². The van der Waals surface area contributed by atoms with Crippen molar-refractivity contribution in [1.29, 1.82) is 0 Å². The number of hydrogen-bond donors (Lipinski definition) is 1. The number of rotatable bonds is 4. The molecule has 1 heterocycles. The van der Waals surface area contributed by atoms with Gasteiger partial charge in [-0.25, -0.2) is 0 Å². The highest BCUT2D eigenvalue weighted by molar-refractivity contribution is 4.84. The van der Waals surface area contributed by atoms with Crippen molar-refractivity contribution in [3.63, 3.8) is 0 Å². The van der Waals surface area contributed by atoms with Gasteiger partial charge >= 0.3 is 0 Å². The first-order valence-corrected chi connectivity index (χ1v) is 9.22. The molecule has 0 bridgehead atoms. The predicted octanol–water partition coefficient (Wildman–Crippen LogP) is 4.06. The highest BCUT2D eigenvalue weighted by Crippen LogP contribution is 2.31. The summed E-state index contributed by atoms with van der Waals surface area (Å²) >= 11 is 0. The van der Waals surface area contributed by atoms with Crippen LogP contribution in [0.2, 0.25) is 0 Å². The van der Waals surface area contributed by atoms with Gasteiger partial charge in [0, 0.05) is 18.6 Å². The van der Waals surface area contributed by atoms with Crippen molar-refractivity contribution in [1.82, 2.24) is 10.2 Å². The van der Waals surface area contributed by atoms with E-state index in [-0.39, 0.29) is 0 Å². The van der Waals surface area contributed by atoms with Crippen molar-refractivity contribution in [3.05, 3.63) is 0 Å². The summed E-state index contributed by atoms with van der Waals surface area (Å²) in [6.45, 7) is 11.0. The Balaban J connectivity index is 1.97. The number of nitrogens with one attached hydrogen (secondary N) is 1. The molecular formula is C18H36N2. The SMILES string of the molecule is CCC1CCN(C(CC)C2CCCCC2)CC(C)CN1. The van der Waals surface area contributed by atoms with Crippen LogP contribution in [0.4, 0.5) is 0 Å². The summed E-state index contributed by atoms with van der Waals surface area (Å²) in [6, 6.07) is 1.59. The van der Waals surface area contributed by atoms with E-state index in [9.17, 15) is 0 Å². The number of hydrogen-bond acceptors (Lipinski definition) is 2. The Morgan fingerprint density at radius 3 is 2.50 bits per heavy atom. The summed E-state index contributed by atoms with van der Waals surface area (Å²) in [5.74, 6) is 1.77. The highest BCUT2D eigenvalue weighted by Gasteiger charge is 2.29. The van der Waals surface area contributed by atoms with Crippen LogP contribution < -0.4 is 5.32 Å². The zero-order valence-corrected chi connectivity index (χ0v) is 14.0. The zero-order chi connectivity index (χ0) is 14.4. The standard InChI is InChI=1S/C18H36N2/c1-4-17-11-12-20(14-15(3)13-19-17)18(5-2)16-9-7-6-8-10-16/h15-19H,4-14H2,1-3H3. The molecule has 0 radical (unpaired) electrons. The van der Waals surface area contributed by atoms with Gasteiger partial charge in [0.05, 0.1) is 0 Å². The van der Waals surface area contributed by atoms with Gasteiger partial charge in [0.1, 0.15) is 0 Å². The molecule has 3 unspecified atom stereocenters. The molecule has 1 N–H and O–H groups in total. The lowest BCUT2D eigenvalue weighted by atomic mass is 9.81. The van der Waals surface area contributed by atoms with Crippen LogP contribution in [0.1, 0.15) is 72.1 Å². The van der Waals surface area contributed by atoms with Crippen LogP contribution in [0.3, 0.4) is 0 Å². The van der Waals surface area contributed by atoms with Crippen LogP contribution >= 0.6 is 0 Å². The normalized spacial score (nSPS) is 32.5. The Morgan fingerprint density at radius 1 is 1.10 bits per heavy atom. The Labute approximate surface area is 126 Å². The van der Waals surface area contributed by atoms with Gasteiger partial charge in [-0.15, -0.1) is 0 Å². The summed E-state index contributed by atoms with van der Waals surface area (Å²) < 4.78 is 0. The van der Waals surface area contributed by atoms with Crippen LogP contribution in [0.15, 0.2) is 0 Å². The molecule has 1 aliphatic carbocycles. The molecule has 2 rings (SSSR count). The van der Waals surface area contributed by atoms with Gasteiger partial charge in [-0.2, -0.15) is 0 Å². The third-order valence-corrected chi connectivity index (χ3v) is 5.64. The smallest absolute Gasteiger partial charge is 0.0121 e. The third-order valence-electron chi connectivity index (χ3n) is 5.64. The van der Waals surface area contributed by atoms with E-state index in [2.05, 4.69) is 31.0 Å². The molecule has 0 aromatic rings. The maximum absolute atomic E-state index is 3.75. The van der Waals surface area contributed by atoms with Gasteiger partial charge in [0.25, 0.3) is 0 Å². The van der Waals surface area contributed by atoms with Crippen LogP contribution in [0.5, 0.6) is 0 Å². The molecule has 2 aliphatic rings. The summed E-state index contributed by atoms with van der Waals surface area (Å²) in [5.41, 5.74) is 0. The van der Waals surface area contributed by atoms with Gasteiger partial charge in [0.15, 0.2) is 0 Å². The van der Waals surface area contributed by atoms with Gasteiger partial charge in [-0.1, -0.05) is 40.0 Å². The third kappa shape index (κ3) is 4.46. The van der Waals surface area contributed by atoms with E-state index in [1.54, 1.807) is 0 Å². The second-order valence-corrected chi connectivity index (χ2v) is 7.28. The van der Waals surface area contributed by atoms with E-state index in [1.807, 2.05) is 0 Å². The summed E-state index contributed by atoms with van der Waals surface area (Å²) in [5, 5.41) is 3.75. The fourth-order valence-electron chi connectivity index (χ4n) is 4.41. The minimum atomic E-state index is 0.740. The molecular weight excluding hydrogens is 244 g/mol. The molecule has 1 saturated carbocycles. The molecule has 0 aromatic heterocycles. The lowest BCUT2D eigenvalue weighted by Crippen LogP contribution is -2.49. The molecule has 3 atom stereocenters. The lowest BCUT2D eigenvalue weighted by molar-refractivity contribution is 0.0846. The summed E-state index contributed by atoms with van der Waals surface area (Å²) in [7, 11) is 0. The van der Waals surface area contributed by atoms with Crippen molar-refractivity contribution in [2.45, 2.75) is 84.2 Å². The topological polar surface area (TPSA) is 15.3 Å². The molecule has 2 heteroatoms. The van der Waals surface area contributed by atoms with Crippen molar-refractivity contribution < 1.29 is 0 Å². The Kier molecular flexibility index (Phi) is 6.83. The van der Waals surface area contributed by atoms with Crippen molar-refractivity contribution in [3.8, 4) is 0 Å². The molecule has 1 saturated heterocycles. The average molecular weight is 280 g/mol. The van der Waals surface area contributed by atoms with Crippen LogP contribution in [0.25, 0.3) is 0 Å². The predicted molar refractivity (Wildman–Crippen MR) is 88.1 cm³/mol. The van der Waals surface area contributed by atoms with E-state index in [4.69, 9.17) is 0 Å². The molecule has 2 nitrogen and oxygen atoms in total. The van der Waals surface area contributed by atoms with Crippen molar-refractivity contribution >= 4 is 0 Å². The van der Waals surface area contributed by atoms with E-state index < -0.39 is 0 Å². The lowest BCUT2D eigenvalue weighted by Gasteiger charge is -2.41. The van der Waals surface area contributed by atoms with Gasteiger partial charge < -0.3 is 5.32 Å². The maximum atomic E-state index is 3.75. The first kappa shape index (κ1) is 16.3. The van der Waals surface area contributed by atoms with Gasteiger partial charge in [-0.05, 0) is 57.0 Å². The quantitative estimate of drug-likeness (QED) is 0.835. The molecule has 20 heavy (non-hydrogen) atoms. The fourth-order valence-corrected chi connectivity index (χ4v) is 4.41. The Bertz CT molecular complexity index is 260. The second kappa shape index (κ2) is 8.38. The van der Waals surface area contributed by atoms with E-state index in [0.29, 0.717) is 0 Å². The highest BCUT2D eigenvalue weighted by atomic mass is 15.2.